The Morgan fingerprint density at radius 2 is 1.95 bits per heavy atom. The summed E-state index contributed by atoms with van der Waals surface area (Å²) < 4.78 is 5.97. The molecule has 0 saturated carbocycles. The van der Waals surface area contributed by atoms with Crippen molar-refractivity contribution in [1.82, 2.24) is 10.6 Å². The van der Waals surface area contributed by atoms with Crippen molar-refractivity contribution in [2.45, 2.75) is 52.6 Å². The van der Waals surface area contributed by atoms with Crippen LogP contribution in [0.1, 0.15) is 46.5 Å². The van der Waals surface area contributed by atoms with Crippen molar-refractivity contribution in [3.63, 3.8) is 0 Å². The van der Waals surface area contributed by atoms with Crippen molar-refractivity contribution in [2.24, 2.45) is 17.3 Å². The van der Waals surface area contributed by atoms with E-state index in [2.05, 4.69) is 31.4 Å². The van der Waals surface area contributed by atoms with E-state index in [-0.39, 0.29) is 23.3 Å². The fraction of sp³-hybridized carbons (Fsp3) is 0.938. The van der Waals surface area contributed by atoms with Crippen molar-refractivity contribution in [3.05, 3.63) is 0 Å². The highest BCUT2D eigenvalue weighted by molar-refractivity contribution is 5.78. The van der Waals surface area contributed by atoms with E-state index in [1.807, 2.05) is 0 Å². The average Bonchev–Trinajstić information content (AvgIpc) is 2.45. The third-order valence-electron chi connectivity index (χ3n) is 4.55. The summed E-state index contributed by atoms with van der Waals surface area (Å²) in [6.45, 7) is 10.2. The first-order valence-electron chi connectivity index (χ1n) is 8.08. The number of carbonyl (C=O) groups excluding carboxylic acids is 1. The van der Waals surface area contributed by atoms with Gasteiger partial charge in [0.25, 0.3) is 0 Å². The first-order valence-corrected chi connectivity index (χ1v) is 8.08. The largest absolute Gasteiger partial charge is 0.377 e. The van der Waals surface area contributed by atoms with Crippen LogP contribution >= 0.6 is 0 Å². The summed E-state index contributed by atoms with van der Waals surface area (Å²) in [6.07, 6.45) is 4.46. The summed E-state index contributed by atoms with van der Waals surface area (Å²) in [6, 6.07) is 0. The number of carbonyl (C=O) groups is 1. The summed E-state index contributed by atoms with van der Waals surface area (Å²) in [5.74, 6) is 0.896. The van der Waals surface area contributed by atoms with Crippen LogP contribution in [0.4, 0.5) is 0 Å². The molecule has 4 nitrogen and oxygen atoms in total. The molecule has 2 atom stereocenters. The molecule has 0 aromatic carbocycles. The smallest absolute Gasteiger partial charge is 0.223 e. The van der Waals surface area contributed by atoms with E-state index < -0.39 is 0 Å². The first kappa shape index (κ1) is 15.8. The molecular formula is C16H30N2O2. The van der Waals surface area contributed by atoms with Crippen LogP contribution in [0.2, 0.25) is 0 Å². The summed E-state index contributed by atoms with van der Waals surface area (Å²) >= 11 is 0. The Hall–Kier alpha value is -0.610. The molecule has 2 N–H and O–H groups in total. The van der Waals surface area contributed by atoms with Crippen LogP contribution in [0, 0.1) is 17.3 Å². The summed E-state index contributed by atoms with van der Waals surface area (Å²) in [5.41, 5.74) is 0.143. The van der Waals surface area contributed by atoms with Gasteiger partial charge in [-0.1, -0.05) is 20.8 Å². The normalized spacial score (nSPS) is 29.1. The second-order valence-electron chi connectivity index (χ2n) is 7.33. The fourth-order valence-corrected chi connectivity index (χ4v) is 3.47. The Morgan fingerprint density at radius 1 is 1.25 bits per heavy atom. The number of hydrogen-bond acceptors (Lipinski definition) is 3. The Bertz CT molecular complexity index is 319. The van der Waals surface area contributed by atoms with Crippen LogP contribution in [0.25, 0.3) is 0 Å². The molecule has 4 heteroatoms. The van der Waals surface area contributed by atoms with Crippen LogP contribution in [0.3, 0.4) is 0 Å². The molecule has 0 aromatic heterocycles. The number of piperidine rings is 1. The molecule has 1 amide bonds. The first-order chi connectivity index (χ1) is 9.48. The van der Waals surface area contributed by atoms with Gasteiger partial charge in [0.1, 0.15) is 0 Å². The van der Waals surface area contributed by atoms with Gasteiger partial charge in [0.15, 0.2) is 0 Å². The van der Waals surface area contributed by atoms with Crippen LogP contribution < -0.4 is 10.6 Å². The Kier molecular flexibility index (Phi) is 5.44. The second-order valence-corrected chi connectivity index (χ2v) is 7.33. The van der Waals surface area contributed by atoms with Crippen molar-refractivity contribution in [3.8, 4) is 0 Å². The van der Waals surface area contributed by atoms with Crippen LogP contribution in [0.5, 0.6) is 0 Å². The second kappa shape index (κ2) is 6.90. The highest BCUT2D eigenvalue weighted by atomic mass is 16.5. The minimum atomic E-state index is 0.143. The lowest BCUT2D eigenvalue weighted by atomic mass is 9.78. The average molecular weight is 282 g/mol. The summed E-state index contributed by atoms with van der Waals surface area (Å²) in [5, 5.41) is 6.48. The van der Waals surface area contributed by atoms with Gasteiger partial charge in [-0.2, -0.15) is 0 Å². The SMILES string of the molecule is CC(C)(C)C1OCCCC1CNC(=O)C1CCNCC1. The van der Waals surface area contributed by atoms with Crippen molar-refractivity contribution < 1.29 is 9.53 Å². The number of nitrogens with one attached hydrogen (secondary N) is 2. The molecule has 0 aromatic rings. The van der Waals surface area contributed by atoms with E-state index in [9.17, 15) is 4.79 Å². The molecule has 2 aliphatic heterocycles. The zero-order valence-corrected chi connectivity index (χ0v) is 13.2. The van der Waals surface area contributed by atoms with Crippen LogP contribution in [-0.2, 0) is 9.53 Å². The van der Waals surface area contributed by atoms with Gasteiger partial charge in [-0.25, -0.2) is 0 Å². The molecule has 2 fully saturated rings. The van der Waals surface area contributed by atoms with Gasteiger partial charge in [0.05, 0.1) is 6.10 Å². The lowest BCUT2D eigenvalue weighted by Gasteiger charge is -2.40. The van der Waals surface area contributed by atoms with Gasteiger partial charge in [0, 0.05) is 25.0 Å². The number of amides is 1. The van der Waals surface area contributed by atoms with Crippen molar-refractivity contribution in [2.75, 3.05) is 26.2 Å². The molecule has 0 bridgehead atoms. The lowest BCUT2D eigenvalue weighted by Crippen LogP contribution is -2.46. The Morgan fingerprint density at radius 3 is 2.60 bits per heavy atom. The molecule has 2 aliphatic rings. The van der Waals surface area contributed by atoms with Crippen molar-refractivity contribution >= 4 is 5.91 Å². The third-order valence-corrected chi connectivity index (χ3v) is 4.55. The van der Waals surface area contributed by atoms with Gasteiger partial charge in [-0.05, 0) is 44.2 Å². The molecule has 0 radical (unpaired) electrons. The molecule has 2 heterocycles. The van der Waals surface area contributed by atoms with Crippen LogP contribution in [-0.4, -0.2) is 38.3 Å². The Balaban J connectivity index is 1.83. The fourth-order valence-electron chi connectivity index (χ4n) is 3.47. The molecule has 20 heavy (non-hydrogen) atoms. The zero-order valence-electron chi connectivity index (χ0n) is 13.2. The van der Waals surface area contributed by atoms with Crippen molar-refractivity contribution in [1.29, 1.82) is 0 Å². The third kappa shape index (κ3) is 4.19. The Labute approximate surface area is 123 Å². The van der Waals surface area contributed by atoms with Crippen LogP contribution in [0.15, 0.2) is 0 Å². The minimum Gasteiger partial charge on any atom is -0.377 e. The molecule has 2 unspecified atom stereocenters. The van der Waals surface area contributed by atoms with E-state index >= 15 is 0 Å². The maximum atomic E-state index is 12.2. The highest BCUT2D eigenvalue weighted by Gasteiger charge is 2.35. The van der Waals surface area contributed by atoms with Gasteiger partial charge in [0.2, 0.25) is 5.91 Å². The standard InChI is InChI=1S/C16H30N2O2/c1-16(2,3)14-13(5-4-10-20-14)11-18-15(19)12-6-8-17-9-7-12/h12-14,17H,4-11H2,1-3H3,(H,18,19). The topological polar surface area (TPSA) is 50.4 Å². The molecule has 2 rings (SSSR count). The molecular weight excluding hydrogens is 252 g/mol. The van der Waals surface area contributed by atoms with Gasteiger partial charge >= 0.3 is 0 Å². The minimum absolute atomic E-state index is 0.143. The van der Waals surface area contributed by atoms with E-state index in [1.165, 1.54) is 0 Å². The van der Waals surface area contributed by atoms with Gasteiger partial charge in [-0.3, -0.25) is 4.79 Å². The van der Waals surface area contributed by atoms with Gasteiger partial charge in [-0.15, -0.1) is 0 Å². The highest BCUT2D eigenvalue weighted by Crippen LogP contribution is 2.33. The molecule has 116 valence electrons. The van der Waals surface area contributed by atoms with E-state index in [0.717, 1.165) is 51.9 Å². The van der Waals surface area contributed by atoms with E-state index in [0.29, 0.717) is 5.92 Å². The maximum absolute atomic E-state index is 12.2. The number of hydrogen-bond donors (Lipinski definition) is 2. The molecule has 2 saturated heterocycles. The summed E-state index contributed by atoms with van der Waals surface area (Å²) in [7, 11) is 0. The number of rotatable bonds is 3. The van der Waals surface area contributed by atoms with E-state index in [1.54, 1.807) is 0 Å². The molecule has 0 spiro atoms. The molecule has 0 aliphatic carbocycles. The van der Waals surface area contributed by atoms with E-state index in [4.69, 9.17) is 4.74 Å². The lowest BCUT2D eigenvalue weighted by molar-refractivity contribution is -0.127. The number of ether oxygens (including phenoxy) is 1. The quantitative estimate of drug-likeness (QED) is 0.832. The maximum Gasteiger partial charge on any atom is 0.223 e. The predicted octanol–water partition coefficient (Wildman–Crippen LogP) is 1.94. The summed E-state index contributed by atoms with van der Waals surface area (Å²) in [4.78, 5) is 12.2. The monoisotopic (exact) mass is 282 g/mol. The predicted molar refractivity (Wildman–Crippen MR) is 80.5 cm³/mol. The van der Waals surface area contributed by atoms with Gasteiger partial charge < -0.3 is 15.4 Å². The zero-order chi connectivity index (χ0) is 14.6.